The molecule has 0 bridgehead atoms. The van der Waals surface area contributed by atoms with Crippen LogP contribution in [0, 0.1) is 0 Å². The van der Waals surface area contributed by atoms with Crippen molar-refractivity contribution in [2.24, 2.45) is 0 Å². The minimum Gasteiger partial charge on any atom is -0.459 e. The van der Waals surface area contributed by atoms with Gasteiger partial charge in [0.25, 0.3) is 11.8 Å². The molecule has 0 aromatic heterocycles. The molecule has 0 N–H and O–H groups in total. The Morgan fingerprint density at radius 1 is 0.527 bits per heavy atom. The molecule has 0 aliphatic carbocycles. The normalized spacial score (nSPS) is 11.5. The summed E-state index contributed by atoms with van der Waals surface area (Å²) in [6.45, 7) is 7.87. The van der Waals surface area contributed by atoms with Crippen LogP contribution >= 0.6 is 23.2 Å². The lowest BCUT2D eigenvalue weighted by molar-refractivity contribution is -0.173. The predicted octanol–water partition coefficient (Wildman–Crippen LogP) is 10.7. The van der Waals surface area contributed by atoms with E-state index in [0.717, 1.165) is 22.5 Å². The number of hydrogen-bond donors (Lipinski definition) is 0. The summed E-state index contributed by atoms with van der Waals surface area (Å²) in [5, 5.41) is 1.11. The molecule has 4 rings (SSSR count). The second-order valence-corrected chi connectivity index (χ2v) is 14.8. The van der Waals surface area contributed by atoms with Crippen molar-refractivity contribution < 1.29 is 28.7 Å². The first-order valence-electron chi connectivity index (χ1n) is 19.0. The summed E-state index contributed by atoms with van der Waals surface area (Å²) in [6.07, 6.45) is 3.79. The number of carbonyl (C=O) groups is 4. The fraction of sp³-hybridized carbons (Fsp3) is 0.378. The van der Waals surface area contributed by atoms with E-state index in [0.29, 0.717) is 72.5 Å². The molecular weight excluding hydrogens is 735 g/mol. The summed E-state index contributed by atoms with van der Waals surface area (Å²) in [5.74, 6) is -1.60. The minimum absolute atomic E-state index is 0.165. The number of amides is 2. The summed E-state index contributed by atoms with van der Waals surface area (Å²) >= 11 is 12.1. The number of ether oxygens (including phenoxy) is 2. The lowest BCUT2D eigenvalue weighted by Gasteiger charge is -2.34. The average Bonchev–Trinajstić information content (AvgIpc) is 3.20. The quantitative estimate of drug-likeness (QED) is 0.0736. The van der Waals surface area contributed by atoms with Crippen LogP contribution in [0.2, 0.25) is 10.0 Å². The maximum atomic E-state index is 13.4. The molecule has 0 heterocycles. The van der Waals surface area contributed by atoms with Gasteiger partial charge in [0.1, 0.15) is 17.6 Å². The van der Waals surface area contributed by atoms with E-state index in [4.69, 9.17) is 32.7 Å². The Kier molecular flexibility index (Phi) is 15.5. The Morgan fingerprint density at radius 3 is 1.18 bits per heavy atom. The molecule has 0 unspecified atom stereocenters. The Hall–Kier alpha value is -4.66. The van der Waals surface area contributed by atoms with Crippen LogP contribution in [-0.4, -0.2) is 49.1 Å². The molecule has 292 valence electrons. The number of aryl methyl sites for hydroxylation is 2. The fourth-order valence-corrected chi connectivity index (χ4v) is 7.14. The number of esters is 2. The van der Waals surface area contributed by atoms with Gasteiger partial charge in [-0.1, -0.05) is 87.3 Å². The van der Waals surface area contributed by atoms with Crippen molar-refractivity contribution in [3.8, 4) is 0 Å². The molecule has 4 aromatic carbocycles. The second kappa shape index (κ2) is 19.8. The van der Waals surface area contributed by atoms with E-state index >= 15 is 0 Å². The first kappa shape index (κ1) is 43.1. The molecule has 0 fully saturated rings. The third-order valence-electron chi connectivity index (χ3n) is 10.7. The van der Waals surface area contributed by atoms with Crippen molar-refractivity contribution in [1.29, 1.82) is 0 Å². The highest BCUT2D eigenvalue weighted by Gasteiger charge is 2.35. The average molecular weight is 788 g/mol. The maximum Gasteiger partial charge on any atom is 0.317 e. The highest BCUT2D eigenvalue weighted by Crippen LogP contribution is 2.33. The number of halogens is 2. The summed E-state index contributed by atoms with van der Waals surface area (Å²) in [7, 11) is 3.48. The Labute approximate surface area is 335 Å². The van der Waals surface area contributed by atoms with E-state index < -0.39 is 29.6 Å². The smallest absolute Gasteiger partial charge is 0.317 e. The van der Waals surface area contributed by atoms with Gasteiger partial charge in [0, 0.05) is 46.6 Å². The van der Waals surface area contributed by atoms with E-state index in [1.54, 1.807) is 72.4 Å². The van der Waals surface area contributed by atoms with Crippen molar-refractivity contribution >= 4 is 58.3 Å². The molecule has 55 heavy (non-hydrogen) atoms. The predicted molar refractivity (Wildman–Crippen MR) is 221 cm³/mol. The maximum absolute atomic E-state index is 13.4. The summed E-state index contributed by atoms with van der Waals surface area (Å²) in [4.78, 5) is 56.6. The number of rotatable bonds is 18. The number of nitrogens with zero attached hydrogens (tertiary/aromatic N) is 2. The number of benzene rings is 4. The largest absolute Gasteiger partial charge is 0.459 e. The first-order chi connectivity index (χ1) is 26.3. The van der Waals surface area contributed by atoms with E-state index in [1.807, 2.05) is 76.2 Å². The zero-order valence-corrected chi connectivity index (χ0v) is 34.2. The van der Waals surface area contributed by atoms with Crippen LogP contribution in [0.3, 0.4) is 0 Å². The van der Waals surface area contributed by atoms with Gasteiger partial charge in [0.2, 0.25) is 0 Å². The zero-order chi connectivity index (χ0) is 40.2. The van der Waals surface area contributed by atoms with E-state index in [9.17, 15) is 19.2 Å². The van der Waals surface area contributed by atoms with E-state index in [-0.39, 0.29) is 11.8 Å². The van der Waals surface area contributed by atoms with Gasteiger partial charge in [-0.25, -0.2) is 0 Å². The van der Waals surface area contributed by atoms with Crippen LogP contribution in [0.5, 0.6) is 0 Å². The standard InChI is InChI=1S/C45H52Cl2N2O6/c1-7-44(8-2,29-27-32-15-11-13-17-38(32)48(5)42(52)34-19-23-36(46)24-20-34)54-40(50)31-41(51)55-45(9-3,10-4)30-28-33-16-12-14-18-39(33)49(6)43(53)35-21-25-37(47)26-22-35/h11-26H,7-10,27-31H2,1-6H3. The van der Waals surface area contributed by atoms with Gasteiger partial charge in [0.15, 0.2) is 0 Å². The third-order valence-corrected chi connectivity index (χ3v) is 11.2. The van der Waals surface area contributed by atoms with Gasteiger partial charge in [0.05, 0.1) is 0 Å². The molecule has 4 aromatic rings. The van der Waals surface area contributed by atoms with Crippen LogP contribution in [0.1, 0.15) is 104 Å². The molecule has 0 aliphatic heterocycles. The van der Waals surface area contributed by atoms with Crippen molar-refractivity contribution in [2.45, 2.75) is 96.7 Å². The molecule has 10 heteroatoms. The van der Waals surface area contributed by atoms with Crippen LogP contribution in [0.4, 0.5) is 11.4 Å². The lowest BCUT2D eigenvalue weighted by Crippen LogP contribution is -2.38. The van der Waals surface area contributed by atoms with Gasteiger partial charge in [-0.05, 0) is 123 Å². The van der Waals surface area contributed by atoms with Crippen molar-refractivity contribution in [1.82, 2.24) is 0 Å². The molecule has 2 amide bonds. The Morgan fingerprint density at radius 2 is 0.855 bits per heavy atom. The summed E-state index contributed by atoms with van der Waals surface area (Å²) < 4.78 is 12.2. The Balaban J connectivity index is 1.39. The van der Waals surface area contributed by atoms with Gasteiger partial charge in [-0.15, -0.1) is 0 Å². The Bertz CT molecular complexity index is 1780. The van der Waals surface area contributed by atoms with Crippen LogP contribution in [0.15, 0.2) is 97.1 Å². The van der Waals surface area contributed by atoms with E-state index in [1.165, 1.54) is 0 Å². The van der Waals surface area contributed by atoms with Crippen molar-refractivity contribution in [3.63, 3.8) is 0 Å². The monoisotopic (exact) mass is 786 g/mol. The van der Waals surface area contributed by atoms with Gasteiger partial charge < -0.3 is 19.3 Å². The number of anilines is 2. The molecule has 0 radical (unpaired) electrons. The molecule has 8 nitrogen and oxygen atoms in total. The topological polar surface area (TPSA) is 93.2 Å². The van der Waals surface area contributed by atoms with Gasteiger partial charge in [-0.3, -0.25) is 19.2 Å². The second-order valence-electron chi connectivity index (χ2n) is 13.9. The third kappa shape index (κ3) is 11.2. The molecule has 0 saturated carbocycles. The van der Waals surface area contributed by atoms with Gasteiger partial charge >= 0.3 is 11.9 Å². The number of hydrogen-bond acceptors (Lipinski definition) is 6. The van der Waals surface area contributed by atoms with Crippen LogP contribution < -0.4 is 9.80 Å². The van der Waals surface area contributed by atoms with Crippen molar-refractivity contribution in [3.05, 3.63) is 129 Å². The van der Waals surface area contributed by atoms with E-state index in [2.05, 4.69) is 0 Å². The highest BCUT2D eigenvalue weighted by molar-refractivity contribution is 6.31. The lowest BCUT2D eigenvalue weighted by atomic mass is 9.88. The zero-order valence-electron chi connectivity index (χ0n) is 32.7. The molecule has 0 aliphatic rings. The molecule has 0 saturated heterocycles. The summed E-state index contributed by atoms with van der Waals surface area (Å²) in [5.41, 5.74) is 2.82. The molecular formula is C45H52Cl2N2O6. The molecule has 0 spiro atoms. The van der Waals surface area contributed by atoms with Crippen molar-refractivity contribution in [2.75, 3.05) is 23.9 Å². The molecule has 0 atom stereocenters. The number of para-hydroxylation sites is 2. The highest BCUT2D eigenvalue weighted by atomic mass is 35.5. The SMILES string of the molecule is CCC(CC)(CCc1ccccc1N(C)C(=O)c1ccc(Cl)cc1)OC(=O)CC(=O)OC(CC)(CC)CCc1ccccc1N(C)C(=O)c1ccc(Cl)cc1. The minimum atomic E-state index is -0.810. The summed E-state index contributed by atoms with van der Waals surface area (Å²) in [6, 6.07) is 28.9. The fourth-order valence-electron chi connectivity index (χ4n) is 6.89. The van der Waals surface area contributed by atoms with Gasteiger partial charge in [-0.2, -0.15) is 0 Å². The first-order valence-corrected chi connectivity index (χ1v) is 19.7. The number of carbonyl (C=O) groups excluding carboxylic acids is 4. The van der Waals surface area contributed by atoms with Crippen LogP contribution in [0.25, 0.3) is 0 Å². The van der Waals surface area contributed by atoms with Crippen LogP contribution in [-0.2, 0) is 31.9 Å².